The van der Waals surface area contributed by atoms with Crippen molar-refractivity contribution in [2.24, 2.45) is 5.73 Å². The number of hydrogen-bond donors (Lipinski definition) is 1. The van der Waals surface area contributed by atoms with E-state index in [1.807, 2.05) is 30.3 Å². The van der Waals surface area contributed by atoms with Crippen LogP contribution in [0.4, 0.5) is 0 Å². The van der Waals surface area contributed by atoms with Gasteiger partial charge in [-0.1, -0.05) is 23.4 Å². The highest BCUT2D eigenvalue weighted by Crippen LogP contribution is 2.13. The normalized spacial score (nSPS) is 11.5. The third-order valence-corrected chi connectivity index (χ3v) is 2.37. The Morgan fingerprint density at radius 3 is 2.53 bits per heavy atom. The summed E-state index contributed by atoms with van der Waals surface area (Å²) in [6.07, 6.45) is 1.43. The molecule has 0 aliphatic heterocycles. The molecule has 0 spiro atoms. The monoisotopic (exact) mass is 230 g/mol. The summed E-state index contributed by atoms with van der Waals surface area (Å²) in [6, 6.07) is 9.36. The molecule has 2 N–H and O–H groups in total. The van der Waals surface area contributed by atoms with Gasteiger partial charge in [-0.3, -0.25) is 4.79 Å². The van der Waals surface area contributed by atoms with Crippen LogP contribution in [0.1, 0.15) is 24.3 Å². The molecule has 0 radical (unpaired) electrons. The molecule has 17 heavy (non-hydrogen) atoms. The first-order valence-corrected chi connectivity index (χ1v) is 5.30. The predicted molar refractivity (Wildman–Crippen MR) is 64.0 cm³/mol. The number of aromatic nitrogens is 3. The Labute approximate surface area is 99.2 Å². The lowest BCUT2D eigenvalue weighted by atomic mass is 9.98. The van der Waals surface area contributed by atoms with Crippen LogP contribution in [-0.2, 0) is 0 Å². The van der Waals surface area contributed by atoms with Crippen molar-refractivity contribution in [3.05, 3.63) is 42.2 Å². The molecule has 2 rings (SSSR count). The van der Waals surface area contributed by atoms with E-state index in [1.54, 1.807) is 13.8 Å². The zero-order chi connectivity index (χ0) is 12.5. The molecule has 0 amide bonds. The number of benzene rings is 1. The second kappa shape index (κ2) is 4.10. The van der Waals surface area contributed by atoms with Gasteiger partial charge in [0.25, 0.3) is 0 Å². The Morgan fingerprint density at radius 2 is 1.94 bits per heavy atom. The summed E-state index contributed by atoms with van der Waals surface area (Å²) in [6.45, 7) is 3.33. The Morgan fingerprint density at radius 1 is 1.29 bits per heavy atom. The fourth-order valence-corrected chi connectivity index (χ4v) is 1.48. The number of para-hydroxylation sites is 1. The van der Waals surface area contributed by atoms with Gasteiger partial charge >= 0.3 is 0 Å². The molecule has 0 bridgehead atoms. The van der Waals surface area contributed by atoms with Crippen molar-refractivity contribution >= 4 is 5.78 Å². The van der Waals surface area contributed by atoms with Crippen LogP contribution in [0.2, 0.25) is 0 Å². The number of nitrogens with two attached hydrogens (primary N) is 1. The van der Waals surface area contributed by atoms with E-state index in [2.05, 4.69) is 10.3 Å². The van der Waals surface area contributed by atoms with Crippen LogP contribution in [0.25, 0.3) is 5.69 Å². The Bertz CT molecular complexity index is 525. The molecule has 0 aliphatic carbocycles. The van der Waals surface area contributed by atoms with Gasteiger partial charge in [0.05, 0.1) is 17.4 Å². The lowest BCUT2D eigenvalue weighted by Crippen LogP contribution is -2.42. The largest absolute Gasteiger partial charge is 0.319 e. The summed E-state index contributed by atoms with van der Waals surface area (Å²) in [5.41, 5.74) is 6.04. The maximum absolute atomic E-state index is 12.1. The van der Waals surface area contributed by atoms with Gasteiger partial charge in [0, 0.05) is 0 Å². The van der Waals surface area contributed by atoms with Crippen molar-refractivity contribution in [1.82, 2.24) is 15.0 Å². The number of ketones is 1. The summed E-state index contributed by atoms with van der Waals surface area (Å²) in [4.78, 5) is 12.1. The van der Waals surface area contributed by atoms with E-state index in [1.165, 1.54) is 10.9 Å². The Kier molecular flexibility index (Phi) is 2.77. The summed E-state index contributed by atoms with van der Waals surface area (Å²) >= 11 is 0. The van der Waals surface area contributed by atoms with Crippen molar-refractivity contribution in [1.29, 1.82) is 0 Å². The molecule has 88 valence electrons. The molecule has 1 aromatic heterocycles. The minimum absolute atomic E-state index is 0.189. The van der Waals surface area contributed by atoms with Crippen molar-refractivity contribution in [3.8, 4) is 5.69 Å². The Balaban J connectivity index is 2.46. The molecular formula is C12H14N4O. The van der Waals surface area contributed by atoms with Gasteiger partial charge < -0.3 is 5.73 Å². The van der Waals surface area contributed by atoms with Crippen LogP contribution in [0.3, 0.4) is 0 Å². The average Bonchev–Trinajstić information content (AvgIpc) is 2.76. The fourth-order valence-electron chi connectivity index (χ4n) is 1.48. The summed E-state index contributed by atoms with van der Waals surface area (Å²) in [5.74, 6) is -0.189. The van der Waals surface area contributed by atoms with E-state index in [4.69, 9.17) is 5.73 Å². The molecule has 1 aromatic carbocycles. The third kappa shape index (κ3) is 2.24. The lowest BCUT2D eigenvalue weighted by molar-refractivity contribution is 0.0905. The van der Waals surface area contributed by atoms with E-state index in [0.717, 1.165) is 5.69 Å². The van der Waals surface area contributed by atoms with E-state index >= 15 is 0 Å². The topological polar surface area (TPSA) is 73.8 Å². The van der Waals surface area contributed by atoms with Gasteiger partial charge in [0.2, 0.25) is 5.78 Å². The van der Waals surface area contributed by atoms with Gasteiger partial charge in [0.15, 0.2) is 0 Å². The van der Waals surface area contributed by atoms with Crippen molar-refractivity contribution in [3.63, 3.8) is 0 Å². The third-order valence-electron chi connectivity index (χ3n) is 2.37. The highest BCUT2D eigenvalue weighted by molar-refractivity contribution is 6.01. The first-order chi connectivity index (χ1) is 8.00. The zero-order valence-corrected chi connectivity index (χ0v) is 9.79. The van der Waals surface area contributed by atoms with Gasteiger partial charge in [-0.15, -0.1) is 5.10 Å². The maximum atomic E-state index is 12.1. The van der Waals surface area contributed by atoms with Gasteiger partial charge in [-0.05, 0) is 26.0 Å². The van der Waals surface area contributed by atoms with E-state index in [0.29, 0.717) is 5.69 Å². The summed E-state index contributed by atoms with van der Waals surface area (Å²) in [5, 5.41) is 7.68. The second-order valence-electron chi connectivity index (χ2n) is 4.42. The van der Waals surface area contributed by atoms with Gasteiger partial charge in [0.1, 0.15) is 5.69 Å². The van der Waals surface area contributed by atoms with Crippen molar-refractivity contribution in [2.45, 2.75) is 19.4 Å². The maximum Gasteiger partial charge on any atom is 0.202 e. The van der Waals surface area contributed by atoms with Gasteiger partial charge in [-0.2, -0.15) is 0 Å². The molecule has 0 atom stereocenters. The van der Waals surface area contributed by atoms with Crippen LogP contribution in [0, 0.1) is 0 Å². The highest BCUT2D eigenvalue weighted by Gasteiger charge is 2.27. The molecule has 0 saturated heterocycles. The first kappa shape index (κ1) is 11.5. The van der Waals surface area contributed by atoms with Gasteiger partial charge in [-0.25, -0.2) is 4.68 Å². The molecule has 5 heteroatoms. The number of nitrogens with zero attached hydrogens (tertiary/aromatic N) is 3. The van der Waals surface area contributed by atoms with Crippen molar-refractivity contribution in [2.75, 3.05) is 0 Å². The Hall–Kier alpha value is -2.01. The molecule has 0 fully saturated rings. The quantitative estimate of drug-likeness (QED) is 0.804. The molecule has 0 aliphatic rings. The lowest BCUT2D eigenvalue weighted by Gasteiger charge is -2.16. The smallest absolute Gasteiger partial charge is 0.202 e. The zero-order valence-electron chi connectivity index (χ0n) is 9.79. The SMILES string of the molecule is CC(C)(N)C(=O)c1cnnn1-c1ccccc1. The predicted octanol–water partition coefficient (Wildman–Crippen LogP) is 1.19. The highest BCUT2D eigenvalue weighted by atomic mass is 16.1. The minimum Gasteiger partial charge on any atom is -0.319 e. The van der Waals surface area contributed by atoms with E-state index < -0.39 is 5.54 Å². The minimum atomic E-state index is -0.936. The van der Waals surface area contributed by atoms with Crippen LogP contribution < -0.4 is 5.73 Å². The van der Waals surface area contributed by atoms with Crippen LogP contribution >= 0.6 is 0 Å². The van der Waals surface area contributed by atoms with E-state index in [-0.39, 0.29) is 5.78 Å². The molecular weight excluding hydrogens is 216 g/mol. The van der Waals surface area contributed by atoms with Crippen LogP contribution in [0.15, 0.2) is 36.5 Å². The molecule has 0 saturated carbocycles. The molecule has 5 nitrogen and oxygen atoms in total. The first-order valence-electron chi connectivity index (χ1n) is 5.30. The summed E-state index contributed by atoms with van der Waals surface area (Å²) < 4.78 is 1.50. The summed E-state index contributed by atoms with van der Waals surface area (Å²) in [7, 11) is 0. The average molecular weight is 230 g/mol. The number of Topliss-reactive ketones (excluding diaryl/α,β-unsaturated/α-hetero) is 1. The number of hydrogen-bond acceptors (Lipinski definition) is 4. The number of rotatable bonds is 3. The molecule has 2 aromatic rings. The second-order valence-corrected chi connectivity index (χ2v) is 4.42. The van der Waals surface area contributed by atoms with Crippen LogP contribution in [0.5, 0.6) is 0 Å². The van der Waals surface area contributed by atoms with E-state index in [9.17, 15) is 4.79 Å². The number of carbonyl (C=O) groups is 1. The van der Waals surface area contributed by atoms with Crippen molar-refractivity contribution < 1.29 is 4.79 Å². The number of carbonyl (C=O) groups excluding carboxylic acids is 1. The molecule has 1 heterocycles. The fraction of sp³-hybridized carbons (Fsp3) is 0.250. The standard InChI is InChI=1S/C12H14N4O/c1-12(2,13)11(17)10-8-14-15-16(10)9-6-4-3-5-7-9/h3-8H,13H2,1-2H3. The van der Waals surface area contributed by atoms with Crippen LogP contribution in [-0.4, -0.2) is 26.3 Å². The molecule has 0 unspecified atom stereocenters.